The zero-order chi connectivity index (χ0) is 17.4. The number of imide groups is 1. The molecule has 1 aliphatic heterocycles. The summed E-state index contributed by atoms with van der Waals surface area (Å²) >= 11 is 0. The summed E-state index contributed by atoms with van der Waals surface area (Å²) in [4.78, 5) is 51.8. The Balaban J connectivity index is 2.03. The second-order valence-electron chi connectivity index (χ2n) is 5.16. The number of rotatable bonds is 3. The van der Waals surface area contributed by atoms with Crippen molar-refractivity contribution in [1.82, 2.24) is 4.98 Å². The third-order valence-electron chi connectivity index (χ3n) is 3.71. The van der Waals surface area contributed by atoms with Crippen LogP contribution >= 0.6 is 0 Å². The standard InChI is InChI=1S/C17H12N2O5/c1-2-13(20)19-12-8-7-11(18-14(12)15(21)16(19)22)9-3-5-10(6-4-9)17(23)24/h3-8H,2H2,1H3,(H,23,24). The van der Waals surface area contributed by atoms with Gasteiger partial charge >= 0.3 is 11.9 Å². The number of hydrogen-bond acceptors (Lipinski definition) is 5. The third-order valence-corrected chi connectivity index (χ3v) is 3.71. The summed E-state index contributed by atoms with van der Waals surface area (Å²) in [5, 5.41) is 8.91. The van der Waals surface area contributed by atoms with Crippen molar-refractivity contribution in [2.45, 2.75) is 13.3 Å². The molecule has 7 heteroatoms. The molecule has 0 spiro atoms. The fourth-order valence-corrected chi connectivity index (χ4v) is 2.46. The number of pyridine rings is 1. The van der Waals surface area contributed by atoms with Crippen molar-refractivity contribution in [2.75, 3.05) is 4.90 Å². The number of amides is 2. The van der Waals surface area contributed by atoms with Gasteiger partial charge in [-0.05, 0) is 24.3 Å². The van der Waals surface area contributed by atoms with E-state index < -0.39 is 23.6 Å². The molecule has 2 amide bonds. The van der Waals surface area contributed by atoms with Crippen LogP contribution in [0.15, 0.2) is 36.4 Å². The van der Waals surface area contributed by atoms with Crippen LogP contribution in [0.25, 0.3) is 11.3 Å². The van der Waals surface area contributed by atoms with Crippen molar-refractivity contribution in [3.63, 3.8) is 0 Å². The molecule has 1 aromatic heterocycles. The predicted molar refractivity (Wildman–Crippen MR) is 83.7 cm³/mol. The van der Waals surface area contributed by atoms with Crippen LogP contribution < -0.4 is 4.90 Å². The topological polar surface area (TPSA) is 105 Å². The van der Waals surface area contributed by atoms with Crippen LogP contribution in [0, 0.1) is 0 Å². The molecular formula is C17H12N2O5. The summed E-state index contributed by atoms with van der Waals surface area (Å²) in [6.45, 7) is 1.60. The molecule has 3 rings (SSSR count). The lowest BCUT2D eigenvalue weighted by Crippen LogP contribution is -2.35. The first-order valence-electron chi connectivity index (χ1n) is 7.20. The highest BCUT2D eigenvalue weighted by molar-refractivity contribution is 6.55. The number of aromatic nitrogens is 1. The van der Waals surface area contributed by atoms with E-state index in [2.05, 4.69) is 4.98 Å². The molecule has 120 valence electrons. The Labute approximate surface area is 136 Å². The second kappa shape index (κ2) is 5.69. The van der Waals surface area contributed by atoms with Crippen molar-refractivity contribution in [3.05, 3.63) is 47.7 Å². The molecule has 2 heterocycles. The molecule has 7 nitrogen and oxygen atoms in total. The lowest BCUT2D eigenvalue weighted by atomic mass is 10.1. The van der Waals surface area contributed by atoms with Gasteiger partial charge in [-0.1, -0.05) is 19.1 Å². The Hall–Kier alpha value is -3.35. The Bertz CT molecular complexity index is 886. The number of fused-ring (bicyclic) bond motifs is 1. The van der Waals surface area contributed by atoms with Gasteiger partial charge < -0.3 is 5.11 Å². The quantitative estimate of drug-likeness (QED) is 0.865. The van der Waals surface area contributed by atoms with Gasteiger partial charge in [-0.3, -0.25) is 14.4 Å². The number of Topliss-reactive ketones (excluding diaryl/α,β-unsaturated/α-hetero) is 1. The van der Waals surface area contributed by atoms with E-state index in [-0.39, 0.29) is 23.4 Å². The van der Waals surface area contributed by atoms with Crippen LogP contribution in [0.4, 0.5) is 5.69 Å². The highest BCUT2D eigenvalue weighted by Gasteiger charge is 2.40. The number of aromatic carboxylic acids is 1. The average molecular weight is 324 g/mol. The molecule has 0 saturated carbocycles. The maximum atomic E-state index is 12.1. The van der Waals surface area contributed by atoms with Crippen LogP contribution in [-0.4, -0.2) is 33.7 Å². The summed E-state index contributed by atoms with van der Waals surface area (Å²) in [6.07, 6.45) is 0.0941. The number of benzene rings is 1. The minimum atomic E-state index is -1.04. The van der Waals surface area contributed by atoms with Crippen molar-refractivity contribution >= 4 is 29.3 Å². The number of hydrogen-bond donors (Lipinski definition) is 1. The molecule has 0 bridgehead atoms. The first kappa shape index (κ1) is 15.5. The molecule has 0 atom stereocenters. The van der Waals surface area contributed by atoms with E-state index in [1.165, 1.54) is 18.2 Å². The SMILES string of the molecule is CCC(=O)N1C(=O)C(=O)c2nc(-c3ccc(C(=O)O)cc3)ccc21. The summed E-state index contributed by atoms with van der Waals surface area (Å²) in [6, 6.07) is 9.05. The van der Waals surface area contributed by atoms with Crippen LogP contribution in [0.5, 0.6) is 0 Å². The normalized spacial score (nSPS) is 13.1. The zero-order valence-electron chi connectivity index (χ0n) is 12.6. The van der Waals surface area contributed by atoms with Gasteiger partial charge in [0.25, 0.3) is 5.78 Å². The summed E-state index contributed by atoms with van der Waals surface area (Å²) in [7, 11) is 0. The molecule has 0 saturated heterocycles. The molecule has 24 heavy (non-hydrogen) atoms. The van der Waals surface area contributed by atoms with Crippen LogP contribution in [0.3, 0.4) is 0 Å². The van der Waals surface area contributed by atoms with E-state index in [0.29, 0.717) is 11.3 Å². The van der Waals surface area contributed by atoms with E-state index in [9.17, 15) is 19.2 Å². The molecule has 1 aliphatic rings. The van der Waals surface area contributed by atoms with Crippen molar-refractivity contribution < 1.29 is 24.3 Å². The molecule has 0 fully saturated rings. The largest absolute Gasteiger partial charge is 0.478 e. The van der Waals surface area contributed by atoms with Crippen LogP contribution in [0.2, 0.25) is 0 Å². The molecular weight excluding hydrogens is 312 g/mol. The lowest BCUT2D eigenvalue weighted by molar-refractivity contribution is -0.124. The lowest BCUT2D eigenvalue weighted by Gasteiger charge is -2.13. The van der Waals surface area contributed by atoms with Crippen molar-refractivity contribution in [1.29, 1.82) is 0 Å². The fourth-order valence-electron chi connectivity index (χ4n) is 2.46. The first-order chi connectivity index (χ1) is 11.4. The van der Waals surface area contributed by atoms with Gasteiger partial charge in [-0.15, -0.1) is 0 Å². The Morgan fingerprint density at radius 2 is 1.75 bits per heavy atom. The molecule has 1 aromatic carbocycles. The first-order valence-corrected chi connectivity index (χ1v) is 7.20. The second-order valence-corrected chi connectivity index (χ2v) is 5.16. The molecule has 0 radical (unpaired) electrons. The Morgan fingerprint density at radius 3 is 2.33 bits per heavy atom. The van der Waals surface area contributed by atoms with Gasteiger partial charge in [0.05, 0.1) is 16.9 Å². The van der Waals surface area contributed by atoms with Gasteiger partial charge in [0, 0.05) is 12.0 Å². The smallest absolute Gasteiger partial charge is 0.335 e. The monoisotopic (exact) mass is 324 g/mol. The van der Waals surface area contributed by atoms with Crippen molar-refractivity contribution in [2.24, 2.45) is 0 Å². The number of carbonyl (C=O) groups excluding carboxylic acids is 3. The maximum Gasteiger partial charge on any atom is 0.335 e. The number of carboxylic acids is 1. The number of anilines is 1. The minimum Gasteiger partial charge on any atom is -0.478 e. The predicted octanol–water partition coefficient (Wildman–Crippen LogP) is 1.91. The highest BCUT2D eigenvalue weighted by atomic mass is 16.4. The average Bonchev–Trinajstić information content (AvgIpc) is 2.85. The maximum absolute atomic E-state index is 12.1. The van der Waals surface area contributed by atoms with E-state index >= 15 is 0 Å². The van der Waals surface area contributed by atoms with Gasteiger partial charge in [-0.25, -0.2) is 14.7 Å². The van der Waals surface area contributed by atoms with Gasteiger partial charge in [-0.2, -0.15) is 0 Å². The number of carbonyl (C=O) groups is 4. The molecule has 0 unspecified atom stereocenters. The van der Waals surface area contributed by atoms with Crippen LogP contribution in [-0.2, 0) is 9.59 Å². The number of ketones is 1. The van der Waals surface area contributed by atoms with Gasteiger partial charge in [0.2, 0.25) is 5.91 Å². The van der Waals surface area contributed by atoms with E-state index in [1.807, 2.05) is 0 Å². The minimum absolute atomic E-state index is 0.0680. The summed E-state index contributed by atoms with van der Waals surface area (Å²) in [5.41, 5.74) is 1.26. The number of carboxylic acid groups (broad SMARTS) is 1. The van der Waals surface area contributed by atoms with Gasteiger partial charge in [0.15, 0.2) is 0 Å². The molecule has 1 N–H and O–H groups in total. The van der Waals surface area contributed by atoms with Crippen LogP contribution in [0.1, 0.15) is 34.2 Å². The zero-order valence-corrected chi connectivity index (χ0v) is 12.6. The summed E-state index contributed by atoms with van der Waals surface area (Å²) < 4.78 is 0. The van der Waals surface area contributed by atoms with Crippen molar-refractivity contribution in [3.8, 4) is 11.3 Å². The Kier molecular flexibility index (Phi) is 3.69. The van der Waals surface area contributed by atoms with E-state index in [0.717, 1.165) is 4.90 Å². The highest BCUT2D eigenvalue weighted by Crippen LogP contribution is 2.30. The van der Waals surface area contributed by atoms with Gasteiger partial charge in [0.1, 0.15) is 5.69 Å². The summed E-state index contributed by atoms with van der Waals surface area (Å²) in [5.74, 6) is -3.23. The number of nitrogens with zero attached hydrogens (tertiary/aromatic N) is 2. The van der Waals surface area contributed by atoms with E-state index in [1.54, 1.807) is 25.1 Å². The Morgan fingerprint density at radius 1 is 1.08 bits per heavy atom. The van der Waals surface area contributed by atoms with E-state index in [4.69, 9.17) is 5.11 Å². The third kappa shape index (κ3) is 2.36. The molecule has 0 aliphatic carbocycles. The fraction of sp³-hybridized carbons (Fsp3) is 0.118. The molecule has 2 aromatic rings.